The second-order valence-electron chi connectivity index (χ2n) is 7.00. The van der Waals surface area contributed by atoms with Gasteiger partial charge < -0.3 is 15.1 Å². The predicted octanol–water partition coefficient (Wildman–Crippen LogP) is 3.77. The van der Waals surface area contributed by atoms with Gasteiger partial charge in [0.2, 0.25) is 5.91 Å². The molecular formula is C22H22ClN5O. The Morgan fingerprint density at radius 1 is 1.03 bits per heavy atom. The summed E-state index contributed by atoms with van der Waals surface area (Å²) in [6, 6.07) is 17.5. The number of halogens is 1. The molecule has 0 bridgehead atoms. The highest BCUT2D eigenvalue weighted by atomic mass is 35.5. The third-order valence-corrected chi connectivity index (χ3v) is 5.21. The molecule has 0 atom stereocenters. The van der Waals surface area contributed by atoms with E-state index in [-0.39, 0.29) is 12.5 Å². The summed E-state index contributed by atoms with van der Waals surface area (Å²) >= 11 is 5.96. The Kier molecular flexibility index (Phi) is 5.62. The molecule has 7 heteroatoms. The molecule has 1 amide bonds. The van der Waals surface area contributed by atoms with Gasteiger partial charge in [0.1, 0.15) is 18.0 Å². The lowest BCUT2D eigenvalue weighted by molar-refractivity contribution is -0.117. The fraction of sp³-hybridized carbons (Fsp3) is 0.227. The van der Waals surface area contributed by atoms with Crippen LogP contribution in [0.15, 0.2) is 60.9 Å². The van der Waals surface area contributed by atoms with Crippen molar-refractivity contribution in [3.05, 3.63) is 77.1 Å². The Labute approximate surface area is 175 Å². The summed E-state index contributed by atoms with van der Waals surface area (Å²) in [6.07, 6.45) is 2.38. The summed E-state index contributed by atoms with van der Waals surface area (Å²) in [5, 5.41) is 4.16. The van der Waals surface area contributed by atoms with Crippen molar-refractivity contribution in [2.75, 3.05) is 35.3 Å². The average molecular weight is 408 g/mol. The molecule has 148 valence electrons. The van der Waals surface area contributed by atoms with Crippen LogP contribution in [0.25, 0.3) is 0 Å². The van der Waals surface area contributed by atoms with Gasteiger partial charge in [0, 0.05) is 24.3 Å². The van der Waals surface area contributed by atoms with E-state index < -0.39 is 0 Å². The molecule has 0 aliphatic carbocycles. The van der Waals surface area contributed by atoms with Gasteiger partial charge in [-0.3, -0.25) is 4.79 Å². The monoisotopic (exact) mass is 407 g/mol. The van der Waals surface area contributed by atoms with Crippen LogP contribution in [-0.2, 0) is 17.8 Å². The Morgan fingerprint density at radius 2 is 1.79 bits per heavy atom. The number of nitrogens with zero attached hydrogens (tertiary/aromatic N) is 4. The van der Waals surface area contributed by atoms with Gasteiger partial charge in [-0.2, -0.15) is 0 Å². The van der Waals surface area contributed by atoms with E-state index in [1.807, 2.05) is 66.5 Å². The Bertz CT molecular complexity index is 994. The zero-order valence-electron chi connectivity index (χ0n) is 16.2. The van der Waals surface area contributed by atoms with Gasteiger partial charge in [0.05, 0.1) is 18.7 Å². The number of carbonyl (C=O) groups excluding carboxylic acids is 1. The lowest BCUT2D eigenvalue weighted by Crippen LogP contribution is -2.35. The van der Waals surface area contributed by atoms with Crippen LogP contribution in [-0.4, -0.2) is 36.0 Å². The first-order valence-corrected chi connectivity index (χ1v) is 9.88. The fourth-order valence-electron chi connectivity index (χ4n) is 3.46. The number of hydrogen-bond donors (Lipinski definition) is 1. The minimum atomic E-state index is 0.0313. The maximum Gasteiger partial charge on any atom is 0.246 e. The molecule has 3 aromatic rings. The number of aromatic nitrogens is 2. The van der Waals surface area contributed by atoms with Crippen LogP contribution in [0.2, 0.25) is 5.02 Å². The van der Waals surface area contributed by atoms with Crippen molar-refractivity contribution in [1.29, 1.82) is 0 Å². The quantitative estimate of drug-likeness (QED) is 0.697. The summed E-state index contributed by atoms with van der Waals surface area (Å²) in [5.41, 5.74) is 2.98. The SMILES string of the molecule is CN1CC(=O)N(c2ccccc2)Cc2c(NCCc3ccc(Cl)cc3)ncnc21. The number of benzene rings is 2. The van der Waals surface area contributed by atoms with Crippen molar-refractivity contribution in [2.24, 2.45) is 0 Å². The Hall–Kier alpha value is -3.12. The molecule has 1 N–H and O–H groups in total. The molecule has 0 saturated heterocycles. The van der Waals surface area contributed by atoms with Crippen LogP contribution in [0.1, 0.15) is 11.1 Å². The first kappa shape index (κ1) is 19.2. The van der Waals surface area contributed by atoms with E-state index in [4.69, 9.17) is 11.6 Å². The largest absolute Gasteiger partial charge is 0.369 e. The number of hydrogen-bond acceptors (Lipinski definition) is 5. The highest BCUT2D eigenvalue weighted by Gasteiger charge is 2.27. The third kappa shape index (κ3) is 4.32. The molecule has 0 fully saturated rings. The maximum absolute atomic E-state index is 12.8. The highest BCUT2D eigenvalue weighted by Crippen LogP contribution is 2.29. The number of anilines is 3. The molecule has 2 aromatic carbocycles. The molecule has 29 heavy (non-hydrogen) atoms. The number of amides is 1. The van der Waals surface area contributed by atoms with E-state index in [2.05, 4.69) is 15.3 Å². The molecular weight excluding hydrogens is 386 g/mol. The molecule has 0 unspecified atom stereocenters. The number of likely N-dealkylation sites (N-methyl/N-ethyl adjacent to an activating group) is 1. The number of rotatable bonds is 5. The molecule has 1 aliphatic heterocycles. The smallest absolute Gasteiger partial charge is 0.246 e. The normalized spacial score (nSPS) is 13.8. The second-order valence-corrected chi connectivity index (χ2v) is 7.44. The minimum absolute atomic E-state index is 0.0313. The number of carbonyl (C=O) groups is 1. The predicted molar refractivity (Wildman–Crippen MR) is 117 cm³/mol. The second kappa shape index (κ2) is 8.49. The first-order chi connectivity index (χ1) is 14.1. The van der Waals surface area contributed by atoms with E-state index in [0.717, 1.165) is 34.3 Å². The van der Waals surface area contributed by atoms with Gasteiger partial charge in [-0.05, 0) is 36.2 Å². The van der Waals surface area contributed by atoms with E-state index in [0.29, 0.717) is 13.1 Å². The summed E-state index contributed by atoms with van der Waals surface area (Å²) in [6.45, 7) is 1.41. The lowest BCUT2D eigenvalue weighted by Gasteiger charge is -2.21. The minimum Gasteiger partial charge on any atom is -0.369 e. The van der Waals surface area contributed by atoms with Gasteiger partial charge in [-0.1, -0.05) is 41.9 Å². The first-order valence-electron chi connectivity index (χ1n) is 9.50. The number of para-hydroxylation sites is 1. The molecule has 1 aliphatic rings. The van der Waals surface area contributed by atoms with Crippen molar-refractivity contribution in [3.8, 4) is 0 Å². The fourth-order valence-corrected chi connectivity index (χ4v) is 3.58. The summed E-state index contributed by atoms with van der Waals surface area (Å²) < 4.78 is 0. The molecule has 6 nitrogen and oxygen atoms in total. The number of nitrogens with one attached hydrogen (secondary N) is 1. The third-order valence-electron chi connectivity index (χ3n) is 4.96. The Morgan fingerprint density at radius 3 is 2.55 bits per heavy atom. The molecule has 1 aromatic heterocycles. The van der Waals surface area contributed by atoms with E-state index in [1.54, 1.807) is 11.2 Å². The molecule has 0 saturated carbocycles. The summed E-state index contributed by atoms with van der Waals surface area (Å²) in [7, 11) is 1.88. The van der Waals surface area contributed by atoms with Crippen molar-refractivity contribution in [2.45, 2.75) is 13.0 Å². The summed E-state index contributed by atoms with van der Waals surface area (Å²) in [5.74, 6) is 1.57. The van der Waals surface area contributed by atoms with Gasteiger partial charge in [0.15, 0.2) is 0 Å². The van der Waals surface area contributed by atoms with E-state index in [1.165, 1.54) is 5.56 Å². The Balaban J connectivity index is 1.57. The van der Waals surface area contributed by atoms with Gasteiger partial charge in [-0.25, -0.2) is 9.97 Å². The number of fused-ring (bicyclic) bond motifs is 1. The van der Waals surface area contributed by atoms with Crippen molar-refractivity contribution in [1.82, 2.24) is 9.97 Å². The van der Waals surface area contributed by atoms with Crippen molar-refractivity contribution in [3.63, 3.8) is 0 Å². The molecule has 0 spiro atoms. The zero-order valence-corrected chi connectivity index (χ0v) is 16.9. The topological polar surface area (TPSA) is 61.4 Å². The van der Waals surface area contributed by atoms with Crippen LogP contribution >= 0.6 is 11.6 Å². The maximum atomic E-state index is 12.8. The van der Waals surface area contributed by atoms with E-state index >= 15 is 0 Å². The molecule has 2 heterocycles. The highest BCUT2D eigenvalue weighted by molar-refractivity contribution is 6.30. The van der Waals surface area contributed by atoms with Gasteiger partial charge in [0.25, 0.3) is 0 Å². The van der Waals surface area contributed by atoms with Crippen LogP contribution in [0.3, 0.4) is 0 Å². The van der Waals surface area contributed by atoms with Crippen LogP contribution in [0.4, 0.5) is 17.3 Å². The van der Waals surface area contributed by atoms with Crippen LogP contribution in [0, 0.1) is 0 Å². The average Bonchev–Trinajstić information content (AvgIpc) is 2.86. The van der Waals surface area contributed by atoms with Crippen LogP contribution < -0.4 is 15.1 Å². The summed E-state index contributed by atoms with van der Waals surface area (Å²) in [4.78, 5) is 25.4. The molecule has 0 radical (unpaired) electrons. The zero-order chi connectivity index (χ0) is 20.2. The van der Waals surface area contributed by atoms with Crippen molar-refractivity contribution >= 4 is 34.8 Å². The van der Waals surface area contributed by atoms with Crippen molar-refractivity contribution < 1.29 is 4.79 Å². The van der Waals surface area contributed by atoms with Gasteiger partial charge in [-0.15, -0.1) is 0 Å². The lowest BCUT2D eigenvalue weighted by atomic mass is 10.1. The van der Waals surface area contributed by atoms with E-state index in [9.17, 15) is 4.79 Å². The van der Waals surface area contributed by atoms with Gasteiger partial charge >= 0.3 is 0 Å². The molecule has 4 rings (SSSR count). The van der Waals surface area contributed by atoms with Crippen LogP contribution in [0.5, 0.6) is 0 Å². The standard InChI is InChI=1S/C22H22ClN5O/c1-27-14-20(29)28(18-5-3-2-4-6-18)13-19-21(25-15-26-22(19)27)24-12-11-16-7-9-17(23)10-8-16/h2-10,15H,11-14H2,1H3,(H,24,25,26).